The quantitative estimate of drug-likeness (QED) is 0.895. The first-order valence-corrected chi connectivity index (χ1v) is 8.36. The molecule has 7 heteroatoms. The molecule has 1 saturated heterocycles. The number of hydrogen-bond donors (Lipinski definition) is 1. The lowest BCUT2D eigenvalue weighted by Gasteiger charge is -2.32. The Bertz CT molecular complexity index is 593. The summed E-state index contributed by atoms with van der Waals surface area (Å²) in [6, 6.07) is 3.30. The van der Waals surface area contributed by atoms with E-state index in [2.05, 4.69) is 12.2 Å². The van der Waals surface area contributed by atoms with Gasteiger partial charge in [-0.15, -0.1) is 0 Å². The highest BCUT2D eigenvalue weighted by molar-refractivity contribution is 5.91. The summed E-state index contributed by atoms with van der Waals surface area (Å²) < 4.78 is 21.8. The second-order valence-corrected chi connectivity index (χ2v) is 5.92. The van der Waals surface area contributed by atoms with Crippen LogP contribution in [0.4, 0.5) is 10.5 Å². The normalized spacial score (nSPS) is 19.2. The number of carbonyl (C=O) groups is 1. The number of likely N-dealkylation sites (tertiary alicyclic amines) is 1. The van der Waals surface area contributed by atoms with Crippen molar-refractivity contribution in [3.63, 3.8) is 0 Å². The maximum Gasteiger partial charge on any atom is 0.322 e. The monoisotopic (exact) mass is 336 g/mol. The Kier molecular flexibility index (Phi) is 5.30. The number of rotatable bonds is 5. The van der Waals surface area contributed by atoms with Crippen LogP contribution in [0, 0.1) is 0 Å². The number of benzene rings is 1. The van der Waals surface area contributed by atoms with Gasteiger partial charge in [-0.3, -0.25) is 0 Å². The summed E-state index contributed by atoms with van der Waals surface area (Å²) in [4.78, 5) is 14.4. The van der Waals surface area contributed by atoms with Gasteiger partial charge in [0, 0.05) is 31.8 Å². The minimum Gasteiger partial charge on any atom is -0.494 e. The number of nitrogens with one attached hydrogen (secondary N) is 1. The van der Waals surface area contributed by atoms with Crippen molar-refractivity contribution in [3.8, 4) is 17.2 Å². The van der Waals surface area contributed by atoms with Crippen LogP contribution in [0.15, 0.2) is 12.1 Å². The van der Waals surface area contributed by atoms with E-state index < -0.39 is 0 Å². The number of urea groups is 1. The molecule has 1 aromatic rings. The largest absolute Gasteiger partial charge is 0.494 e. The van der Waals surface area contributed by atoms with E-state index in [0.717, 1.165) is 32.4 Å². The van der Waals surface area contributed by atoms with Gasteiger partial charge in [0.05, 0.1) is 18.9 Å². The van der Waals surface area contributed by atoms with Crippen molar-refractivity contribution in [2.45, 2.75) is 32.3 Å². The number of fused-ring (bicyclic) bond motifs is 1. The third-order valence-corrected chi connectivity index (χ3v) is 4.16. The molecule has 0 spiro atoms. The Morgan fingerprint density at radius 2 is 2.17 bits per heavy atom. The van der Waals surface area contributed by atoms with Gasteiger partial charge < -0.3 is 29.2 Å². The highest BCUT2D eigenvalue weighted by Gasteiger charge is 2.25. The summed E-state index contributed by atoms with van der Waals surface area (Å²) in [5, 5.41) is 2.91. The minimum atomic E-state index is -0.156. The zero-order valence-corrected chi connectivity index (χ0v) is 14.2. The van der Waals surface area contributed by atoms with Gasteiger partial charge in [0.25, 0.3) is 0 Å². The van der Waals surface area contributed by atoms with Crippen molar-refractivity contribution >= 4 is 11.7 Å². The fourth-order valence-corrected chi connectivity index (χ4v) is 2.93. The topological polar surface area (TPSA) is 69.3 Å². The van der Waals surface area contributed by atoms with Gasteiger partial charge in [0.15, 0.2) is 11.5 Å². The molecule has 1 N–H and O–H groups in total. The van der Waals surface area contributed by atoms with Crippen LogP contribution in [0.25, 0.3) is 0 Å². The number of methoxy groups -OCH3 is 1. The van der Waals surface area contributed by atoms with Gasteiger partial charge in [-0.25, -0.2) is 4.79 Å². The van der Waals surface area contributed by atoms with Crippen molar-refractivity contribution in [2.75, 3.05) is 38.9 Å². The van der Waals surface area contributed by atoms with E-state index in [1.807, 2.05) is 0 Å². The predicted molar refractivity (Wildman–Crippen MR) is 89.0 cm³/mol. The molecule has 1 atom stereocenters. The molecule has 3 rings (SSSR count). The van der Waals surface area contributed by atoms with Crippen LogP contribution < -0.4 is 19.5 Å². The van der Waals surface area contributed by atoms with Crippen molar-refractivity contribution < 1.29 is 23.7 Å². The minimum absolute atomic E-state index is 0.114. The molecule has 132 valence electrons. The molecule has 2 aliphatic rings. The number of carbonyl (C=O) groups excluding carboxylic acids is 1. The first kappa shape index (κ1) is 16.7. The fraction of sp³-hybridized carbons (Fsp3) is 0.588. The molecular formula is C17H24N2O5. The van der Waals surface area contributed by atoms with Gasteiger partial charge in [-0.1, -0.05) is 6.92 Å². The summed E-state index contributed by atoms with van der Waals surface area (Å²) >= 11 is 0. The second kappa shape index (κ2) is 7.61. The Morgan fingerprint density at radius 3 is 2.92 bits per heavy atom. The van der Waals surface area contributed by atoms with Gasteiger partial charge in [0.1, 0.15) is 5.75 Å². The van der Waals surface area contributed by atoms with Crippen LogP contribution in [0.2, 0.25) is 0 Å². The predicted octanol–water partition coefficient (Wildman–Crippen LogP) is 2.85. The molecule has 0 aliphatic carbocycles. The van der Waals surface area contributed by atoms with E-state index >= 15 is 0 Å². The van der Waals surface area contributed by atoms with Crippen LogP contribution in [0.1, 0.15) is 26.2 Å². The van der Waals surface area contributed by atoms with E-state index in [0.29, 0.717) is 29.5 Å². The number of amides is 2. The first-order valence-electron chi connectivity index (χ1n) is 8.36. The van der Waals surface area contributed by atoms with Crippen LogP contribution in [0.3, 0.4) is 0 Å². The van der Waals surface area contributed by atoms with E-state index in [1.54, 1.807) is 24.1 Å². The summed E-state index contributed by atoms with van der Waals surface area (Å²) in [6.07, 6.45) is 3.04. The summed E-state index contributed by atoms with van der Waals surface area (Å²) in [7, 11) is 1.56. The van der Waals surface area contributed by atoms with E-state index in [1.165, 1.54) is 0 Å². The summed E-state index contributed by atoms with van der Waals surface area (Å²) in [5.74, 6) is 1.77. The Morgan fingerprint density at radius 1 is 1.38 bits per heavy atom. The average molecular weight is 336 g/mol. The Hall–Kier alpha value is -2.15. The SMILES string of the molecule is CCCOC1CCCN(C(=O)Nc2cc3c(cc2OC)OCO3)C1. The van der Waals surface area contributed by atoms with Crippen molar-refractivity contribution in [2.24, 2.45) is 0 Å². The molecule has 1 fully saturated rings. The van der Waals surface area contributed by atoms with Crippen molar-refractivity contribution in [3.05, 3.63) is 12.1 Å². The van der Waals surface area contributed by atoms with Crippen LogP contribution in [0.5, 0.6) is 17.2 Å². The number of piperidine rings is 1. The number of hydrogen-bond acceptors (Lipinski definition) is 5. The third kappa shape index (κ3) is 3.67. The zero-order chi connectivity index (χ0) is 16.9. The molecule has 2 heterocycles. The number of ether oxygens (including phenoxy) is 4. The second-order valence-electron chi connectivity index (χ2n) is 5.92. The lowest BCUT2D eigenvalue weighted by Crippen LogP contribution is -2.45. The van der Waals surface area contributed by atoms with Crippen LogP contribution >= 0.6 is 0 Å². The summed E-state index contributed by atoms with van der Waals surface area (Å²) in [5.41, 5.74) is 0.573. The molecule has 0 bridgehead atoms. The molecular weight excluding hydrogens is 312 g/mol. The van der Waals surface area contributed by atoms with E-state index in [-0.39, 0.29) is 18.9 Å². The van der Waals surface area contributed by atoms with Gasteiger partial charge >= 0.3 is 6.03 Å². The molecule has 2 aliphatic heterocycles. The smallest absolute Gasteiger partial charge is 0.322 e. The summed E-state index contributed by atoms with van der Waals surface area (Å²) in [6.45, 7) is 4.33. The molecule has 24 heavy (non-hydrogen) atoms. The van der Waals surface area contributed by atoms with Crippen molar-refractivity contribution in [1.82, 2.24) is 4.90 Å². The van der Waals surface area contributed by atoms with E-state index in [4.69, 9.17) is 18.9 Å². The molecule has 1 aromatic carbocycles. The van der Waals surface area contributed by atoms with Crippen molar-refractivity contribution in [1.29, 1.82) is 0 Å². The molecule has 0 saturated carbocycles. The lowest BCUT2D eigenvalue weighted by atomic mass is 10.1. The molecule has 0 radical (unpaired) electrons. The van der Waals surface area contributed by atoms with Gasteiger partial charge in [-0.05, 0) is 19.3 Å². The van der Waals surface area contributed by atoms with Gasteiger partial charge in [0.2, 0.25) is 6.79 Å². The maximum atomic E-state index is 12.6. The fourth-order valence-electron chi connectivity index (χ4n) is 2.93. The van der Waals surface area contributed by atoms with E-state index in [9.17, 15) is 4.79 Å². The molecule has 7 nitrogen and oxygen atoms in total. The highest BCUT2D eigenvalue weighted by atomic mass is 16.7. The van der Waals surface area contributed by atoms with Crippen LogP contribution in [-0.2, 0) is 4.74 Å². The average Bonchev–Trinajstić information content (AvgIpc) is 3.06. The number of anilines is 1. The van der Waals surface area contributed by atoms with Gasteiger partial charge in [-0.2, -0.15) is 0 Å². The molecule has 2 amide bonds. The van der Waals surface area contributed by atoms with Crippen LogP contribution in [-0.4, -0.2) is 50.6 Å². The standard InChI is InChI=1S/C17H24N2O5/c1-3-7-22-12-5-4-6-19(10-12)17(20)18-13-8-15-16(24-11-23-15)9-14(13)21-2/h8-9,12H,3-7,10-11H2,1-2H3,(H,18,20). The lowest BCUT2D eigenvalue weighted by molar-refractivity contribution is 0.0115. The zero-order valence-electron chi connectivity index (χ0n) is 14.2. The third-order valence-electron chi connectivity index (χ3n) is 4.16. The Labute approximate surface area is 141 Å². The maximum absolute atomic E-state index is 12.6. The number of nitrogens with zero attached hydrogens (tertiary/aromatic N) is 1. The molecule has 1 unspecified atom stereocenters. The highest BCUT2D eigenvalue weighted by Crippen LogP contribution is 2.40. The molecule has 0 aromatic heterocycles. The Balaban J connectivity index is 1.66. The first-order chi connectivity index (χ1) is 11.7.